The first-order valence-electron chi connectivity index (χ1n) is 15.8. The summed E-state index contributed by atoms with van der Waals surface area (Å²) in [5.74, 6) is 1.64. The molecule has 0 aliphatic rings. The summed E-state index contributed by atoms with van der Waals surface area (Å²) in [6, 6.07) is 53.6. The van der Waals surface area contributed by atoms with Crippen LogP contribution in [-0.2, 0) is 0 Å². The molecule has 5 heteroatoms. The van der Waals surface area contributed by atoms with Crippen molar-refractivity contribution in [3.63, 3.8) is 0 Å². The monoisotopic (exact) mass is 635 g/mol. The van der Waals surface area contributed by atoms with Crippen molar-refractivity contribution in [2.45, 2.75) is 0 Å². The molecule has 2 aromatic heterocycles. The minimum Gasteiger partial charge on any atom is -0.456 e. The largest absolute Gasteiger partial charge is 0.456 e. The lowest BCUT2D eigenvalue weighted by molar-refractivity contribution is 0.669. The maximum Gasteiger partial charge on any atom is 0.165 e. The average molecular weight is 636 g/mol. The number of nitrogens with zero attached hydrogens (tertiary/aromatic N) is 3. The van der Waals surface area contributed by atoms with Crippen LogP contribution in [0.15, 0.2) is 162 Å². The van der Waals surface area contributed by atoms with E-state index in [0.29, 0.717) is 28.1 Å². The van der Waals surface area contributed by atoms with Gasteiger partial charge >= 0.3 is 0 Å². The van der Waals surface area contributed by atoms with Gasteiger partial charge in [-0.15, -0.1) is 0 Å². The van der Waals surface area contributed by atoms with Crippen LogP contribution in [0.2, 0.25) is 5.02 Å². The molecule has 7 aromatic carbocycles. The molecule has 0 unspecified atom stereocenters. The molecule has 0 amide bonds. The molecule has 0 aliphatic heterocycles. The highest BCUT2D eigenvalue weighted by Gasteiger charge is 2.19. The van der Waals surface area contributed by atoms with E-state index in [1.165, 1.54) is 0 Å². The van der Waals surface area contributed by atoms with E-state index >= 15 is 0 Å². The van der Waals surface area contributed by atoms with Gasteiger partial charge in [-0.05, 0) is 57.3 Å². The summed E-state index contributed by atoms with van der Waals surface area (Å²) >= 11 is 7.26. The Balaban J connectivity index is 1.20. The van der Waals surface area contributed by atoms with Crippen molar-refractivity contribution in [2.75, 3.05) is 0 Å². The Morgan fingerprint density at radius 2 is 0.854 bits per heavy atom. The van der Waals surface area contributed by atoms with Crippen molar-refractivity contribution in [1.29, 1.82) is 0 Å². The molecule has 48 heavy (non-hydrogen) atoms. The van der Waals surface area contributed by atoms with E-state index < -0.39 is 0 Å². The Morgan fingerprint density at radius 1 is 0.396 bits per heavy atom. The molecule has 226 valence electrons. The molecule has 0 aliphatic carbocycles. The van der Waals surface area contributed by atoms with Crippen LogP contribution in [0.1, 0.15) is 0 Å². The van der Waals surface area contributed by atoms with Gasteiger partial charge in [-0.2, -0.15) is 0 Å². The van der Waals surface area contributed by atoms with Crippen LogP contribution in [0, 0.1) is 0 Å². The fourth-order valence-corrected chi connectivity index (χ4v) is 6.67. The highest BCUT2D eigenvalue weighted by Crippen LogP contribution is 2.41. The third-order valence-corrected chi connectivity index (χ3v) is 9.21. The van der Waals surface area contributed by atoms with Crippen LogP contribution < -0.4 is 0 Å². The Bertz CT molecular complexity index is 2500. The number of halogens is 1. The Labute approximate surface area is 282 Å². The lowest BCUT2D eigenvalue weighted by Crippen LogP contribution is -2.00. The summed E-state index contributed by atoms with van der Waals surface area (Å²) in [4.78, 5) is 15.0. The van der Waals surface area contributed by atoms with Gasteiger partial charge in [0.25, 0.3) is 0 Å². The normalized spacial score (nSPS) is 11.4. The highest BCUT2D eigenvalue weighted by atomic mass is 35.5. The number of rotatable bonds is 5. The summed E-state index contributed by atoms with van der Waals surface area (Å²) in [6.45, 7) is 0. The fourth-order valence-electron chi connectivity index (χ4n) is 6.32. The van der Waals surface area contributed by atoms with Gasteiger partial charge in [0.05, 0.1) is 5.02 Å². The molecular weight excluding hydrogens is 610 g/mol. The smallest absolute Gasteiger partial charge is 0.165 e. The quantitative estimate of drug-likeness (QED) is 0.189. The van der Waals surface area contributed by atoms with Gasteiger partial charge in [0.15, 0.2) is 17.5 Å². The van der Waals surface area contributed by atoms with Gasteiger partial charge in [-0.25, -0.2) is 15.0 Å². The topological polar surface area (TPSA) is 51.8 Å². The Morgan fingerprint density at radius 3 is 1.42 bits per heavy atom. The molecule has 0 bridgehead atoms. The predicted octanol–water partition coefficient (Wildman–Crippen LogP) is 11.9. The maximum absolute atomic E-state index is 7.26. The van der Waals surface area contributed by atoms with Gasteiger partial charge in [0.2, 0.25) is 0 Å². The lowest BCUT2D eigenvalue weighted by Gasteiger charge is -2.11. The minimum absolute atomic E-state index is 0.497. The fraction of sp³-hybridized carbons (Fsp3) is 0. The molecule has 0 saturated carbocycles. The van der Waals surface area contributed by atoms with E-state index in [4.69, 9.17) is 31.0 Å². The Kier molecular flexibility index (Phi) is 6.81. The summed E-state index contributed by atoms with van der Waals surface area (Å²) in [7, 11) is 0. The average Bonchev–Trinajstić information content (AvgIpc) is 3.52. The van der Waals surface area contributed by atoms with E-state index in [9.17, 15) is 0 Å². The van der Waals surface area contributed by atoms with Crippen LogP contribution in [-0.4, -0.2) is 15.0 Å². The second kappa shape index (κ2) is 11.6. The van der Waals surface area contributed by atoms with E-state index in [0.717, 1.165) is 66.1 Å². The van der Waals surface area contributed by atoms with Gasteiger partial charge in [0, 0.05) is 27.5 Å². The first-order valence-corrected chi connectivity index (χ1v) is 16.2. The summed E-state index contributed by atoms with van der Waals surface area (Å²) in [5.41, 5.74) is 8.55. The number of fused-ring (bicyclic) bond motifs is 4. The van der Waals surface area contributed by atoms with Crippen LogP contribution in [0.4, 0.5) is 0 Å². The van der Waals surface area contributed by atoms with Crippen LogP contribution in [0.3, 0.4) is 0 Å². The number of benzene rings is 7. The van der Waals surface area contributed by atoms with E-state index in [1.807, 2.05) is 60.7 Å². The van der Waals surface area contributed by atoms with Crippen molar-refractivity contribution in [1.82, 2.24) is 15.0 Å². The molecule has 9 aromatic rings. The first-order chi connectivity index (χ1) is 23.7. The molecule has 4 nitrogen and oxygen atoms in total. The van der Waals surface area contributed by atoms with Gasteiger partial charge < -0.3 is 4.42 Å². The van der Waals surface area contributed by atoms with Gasteiger partial charge in [-0.1, -0.05) is 145 Å². The molecule has 0 spiro atoms. The molecule has 0 atom stereocenters. The van der Waals surface area contributed by atoms with E-state index in [2.05, 4.69) is 97.1 Å². The van der Waals surface area contributed by atoms with Crippen LogP contribution >= 0.6 is 11.6 Å². The maximum atomic E-state index is 7.26. The zero-order valence-corrected chi connectivity index (χ0v) is 26.4. The summed E-state index contributed by atoms with van der Waals surface area (Å²) in [6.07, 6.45) is 0. The van der Waals surface area contributed by atoms with Gasteiger partial charge in [0.1, 0.15) is 11.2 Å². The third kappa shape index (κ3) is 5.00. The molecule has 0 N–H and O–H groups in total. The number of furan rings is 1. The SMILES string of the molecule is Clc1c(-c2nc(-c3ccc(-c4ccccc4)cc3)nc(-c3ccc(-c4ccccc4)cc3)n2)ccc2oc3cc4ccccc4cc3c12. The first kappa shape index (κ1) is 28.1. The molecule has 2 heterocycles. The summed E-state index contributed by atoms with van der Waals surface area (Å²) in [5, 5.41) is 4.58. The van der Waals surface area contributed by atoms with Crippen LogP contribution in [0.25, 0.3) is 89.1 Å². The Hall–Kier alpha value is -6.10. The van der Waals surface area contributed by atoms with Crippen molar-refractivity contribution >= 4 is 44.3 Å². The number of hydrogen-bond donors (Lipinski definition) is 0. The predicted molar refractivity (Wildman–Crippen MR) is 197 cm³/mol. The second-order valence-corrected chi connectivity index (χ2v) is 12.2. The van der Waals surface area contributed by atoms with Crippen molar-refractivity contribution in [2.24, 2.45) is 0 Å². The minimum atomic E-state index is 0.497. The molecule has 0 radical (unpaired) electrons. The summed E-state index contributed by atoms with van der Waals surface area (Å²) < 4.78 is 6.28. The van der Waals surface area contributed by atoms with Crippen LogP contribution in [0.5, 0.6) is 0 Å². The second-order valence-electron chi connectivity index (χ2n) is 11.8. The van der Waals surface area contributed by atoms with E-state index in [1.54, 1.807) is 0 Å². The molecule has 9 rings (SSSR count). The highest BCUT2D eigenvalue weighted by molar-refractivity contribution is 6.40. The van der Waals surface area contributed by atoms with Crippen molar-refractivity contribution in [3.05, 3.63) is 163 Å². The van der Waals surface area contributed by atoms with Crippen molar-refractivity contribution < 1.29 is 4.42 Å². The molecule has 0 fully saturated rings. The lowest BCUT2D eigenvalue weighted by atomic mass is 10.0. The standard InChI is InChI=1S/C43H26ClN3O/c44-40-35(23-24-37-39(40)36-25-33-13-7-8-14-34(33)26-38(36)48-37)43-46-41(31-19-15-29(16-20-31)27-9-3-1-4-10-27)45-42(47-43)32-21-17-30(18-22-32)28-11-5-2-6-12-28/h1-26H. The third-order valence-electron chi connectivity index (χ3n) is 8.82. The molecule has 0 saturated heterocycles. The zero-order chi connectivity index (χ0) is 32.0. The van der Waals surface area contributed by atoms with Gasteiger partial charge in [-0.3, -0.25) is 0 Å². The number of hydrogen-bond acceptors (Lipinski definition) is 4. The van der Waals surface area contributed by atoms with E-state index in [-0.39, 0.29) is 0 Å². The number of aromatic nitrogens is 3. The molecular formula is C43H26ClN3O. The van der Waals surface area contributed by atoms with Crippen molar-refractivity contribution in [3.8, 4) is 56.4 Å². The zero-order valence-electron chi connectivity index (χ0n) is 25.6.